The molecule has 2 aromatic carbocycles. The van der Waals surface area contributed by atoms with E-state index in [1.807, 2.05) is 0 Å². The molecule has 18 heavy (non-hydrogen) atoms. The van der Waals surface area contributed by atoms with Crippen LogP contribution in [0.15, 0.2) is 60.7 Å². The first-order valence-electron chi connectivity index (χ1n) is 6.57. The molecule has 0 saturated heterocycles. The summed E-state index contributed by atoms with van der Waals surface area (Å²) in [6.07, 6.45) is 0. The van der Waals surface area contributed by atoms with Crippen molar-refractivity contribution in [1.82, 2.24) is 0 Å². The summed E-state index contributed by atoms with van der Waals surface area (Å²) >= 11 is 0.729. The summed E-state index contributed by atoms with van der Waals surface area (Å²) < 4.78 is 0.350. The van der Waals surface area contributed by atoms with Crippen LogP contribution in [-0.4, -0.2) is 57.0 Å². The Labute approximate surface area is 145 Å². The molecule has 0 aliphatic rings. The van der Waals surface area contributed by atoms with E-state index in [1.165, 1.54) is 11.1 Å². The summed E-state index contributed by atoms with van der Waals surface area (Å²) in [6, 6.07) is 22.2. The molecule has 0 saturated carbocycles. The van der Waals surface area contributed by atoms with E-state index in [0.29, 0.717) is -0.867 Å². The van der Waals surface area contributed by atoms with E-state index in [0.717, 1.165) is 49.0 Å². The summed E-state index contributed by atoms with van der Waals surface area (Å²) in [4.78, 5) is 0. The van der Waals surface area contributed by atoms with E-state index in [2.05, 4.69) is 80.3 Å². The zero-order valence-corrected chi connectivity index (χ0v) is 15.9. The molecule has 0 heterocycles. The number of hydrogen-bond donors (Lipinski definition) is 0. The number of benzene rings is 2. The van der Waals surface area contributed by atoms with Crippen molar-refractivity contribution in [2.45, 2.75) is 18.8 Å². The van der Waals surface area contributed by atoms with Gasteiger partial charge in [0.1, 0.15) is 0 Å². The molecule has 2 heteroatoms. The summed E-state index contributed by atoms with van der Waals surface area (Å²) in [5, 5.41) is 0. The van der Waals surface area contributed by atoms with Gasteiger partial charge in [-0.3, -0.25) is 0 Å². The molecule has 0 radical (unpaired) electrons. The second kappa shape index (κ2) is 5.73. The Morgan fingerprint density at radius 3 is 1.33 bits per heavy atom. The second-order valence-electron chi connectivity index (χ2n) is 6.11. The van der Waals surface area contributed by atoms with Gasteiger partial charge in [-0.25, -0.2) is 0 Å². The first-order chi connectivity index (χ1) is 8.46. The Morgan fingerprint density at radius 1 is 0.722 bits per heavy atom. The first-order valence-corrected chi connectivity index (χ1v) is 11.6. The Morgan fingerprint density at radius 2 is 1.06 bits per heavy atom. The van der Waals surface area contributed by atoms with E-state index in [4.69, 9.17) is 0 Å². The van der Waals surface area contributed by atoms with Crippen molar-refractivity contribution in [2.24, 2.45) is 0 Å². The predicted molar refractivity (Wildman–Crippen MR) is 82.8 cm³/mol. The van der Waals surface area contributed by atoms with Gasteiger partial charge in [-0.15, -0.1) is 0 Å². The first kappa shape index (κ1) is 14.7. The topological polar surface area (TPSA) is 0 Å². The fourth-order valence-corrected chi connectivity index (χ4v) is 5.68. The van der Waals surface area contributed by atoms with E-state index in [9.17, 15) is 0 Å². The van der Waals surface area contributed by atoms with E-state index >= 15 is 0 Å². The van der Waals surface area contributed by atoms with Gasteiger partial charge in [0.2, 0.25) is 0 Å². The Hall–Kier alpha value is 0.293. The molecule has 0 fully saturated rings. The Kier molecular flexibility index (Phi) is 4.68. The molecular weight excluding hydrogens is 259 g/mol. The molecule has 0 unspecified atom stereocenters. The summed E-state index contributed by atoms with van der Waals surface area (Å²) in [7, 11) is -1.31. The van der Waals surface area contributed by atoms with Gasteiger partial charge in [-0.05, 0) is 0 Å². The normalized spacial score (nSPS) is 12.5. The van der Waals surface area contributed by atoms with Gasteiger partial charge < -0.3 is 0 Å². The fraction of sp³-hybridized carbons (Fsp3) is 0.250. The van der Waals surface area contributed by atoms with Crippen LogP contribution in [0.25, 0.3) is 0 Å². The average Bonchev–Trinajstić information content (AvgIpc) is 2.38. The third kappa shape index (κ3) is 2.74. The zero-order chi connectivity index (χ0) is 13.2. The van der Waals surface area contributed by atoms with Gasteiger partial charge in [0.15, 0.2) is 0 Å². The minimum absolute atomic E-state index is 0.350. The number of rotatable bonds is 3. The van der Waals surface area contributed by atoms with Gasteiger partial charge in [0.25, 0.3) is 0 Å². The van der Waals surface area contributed by atoms with Crippen molar-refractivity contribution >= 4 is 57.0 Å². The predicted octanol–water partition coefficient (Wildman–Crippen LogP) is 3.98. The molecule has 0 aliphatic carbocycles. The molecule has 0 nitrogen and oxygen atoms in total. The van der Waals surface area contributed by atoms with E-state index in [1.54, 1.807) is 0 Å². The van der Waals surface area contributed by atoms with Gasteiger partial charge in [-0.1, -0.05) is 0 Å². The second-order valence-corrected chi connectivity index (χ2v) is 15.5. The van der Waals surface area contributed by atoms with Gasteiger partial charge in [0, 0.05) is 0 Å². The molecule has 0 atom stereocenters. The van der Waals surface area contributed by atoms with Crippen LogP contribution in [0.2, 0.25) is 19.6 Å². The van der Waals surface area contributed by atoms with Crippen molar-refractivity contribution in [1.29, 1.82) is 0 Å². The van der Waals surface area contributed by atoms with Crippen molar-refractivity contribution in [3.63, 3.8) is 0 Å². The maximum absolute atomic E-state index is 2.50. The third-order valence-corrected chi connectivity index (χ3v) is 16.6. The molecule has 2 rings (SSSR count). The zero-order valence-electron chi connectivity index (χ0n) is 11.8. The van der Waals surface area contributed by atoms with Crippen molar-refractivity contribution in [2.75, 3.05) is 0 Å². The molecule has 0 spiro atoms. The van der Waals surface area contributed by atoms with Crippen molar-refractivity contribution < 1.29 is 0 Å². The summed E-state index contributed by atoms with van der Waals surface area (Å²) in [6.45, 7) is 7.49. The van der Waals surface area contributed by atoms with Crippen LogP contribution in [-0.2, 0) is -0.867 Å². The average molecular weight is 279 g/mol. The van der Waals surface area contributed by atoms with Crippen LogP contribution in [0.4, 0.5) is 0 Å². The standard InChI is InChI=1S/C16H19Si.K/c1-17(2,3)16(14-10-6-4-7-11-14)15-12-8-5-9-13-15;/h4-13H,1-3H3;. The van der Waals surface area contributed by atoms with Gasteiger partial charge >= 0.3 is 148 Å². The molecule has 0 bridgehead atoms. The monoisotopic (exact) mass is 278 g/mol. The number of hydrogen-bond acceptors (Lipinski definition) is 0. The quantitative estimate of drug-likeness (QED) is 0.745. The molecule has 88 valence electrons. The Balaban J connectivity index is 2.63. The third-order valence-electron chi connectivity index (χ3n) is 4.20. The van der Waals surface area contributed by atoms with Crippen molar-refractivity contribution in [3.05, 3.63) is 71.8 Å². The molecule has 0 N–H and O–H groups in total. The maximum atomic E-state index is 2.50. The van der Waals surface area contributed by atoms with Crippen LogP contribution < -0.4 is 0 Å². The minimum atomic E-state index is -1.31. The van der Waals surface area contributed by atoms with Crippen LogP contribution >= 0.6 is 0 Å². The van der Waals surface area contributed by atoms with E-state index in [-0.39, 0.29) is 0 Å². The summed E-state index contributed by atoms with van der Waals surface area (Å²) in [5.41, 5.74) is 3.05. The summed E-state index contributed by atoms with van der Waals surface area (Å²) in [5.74, 6) is 0. The molecular formula is C16H19KSi. The molecule has 0 amide bonds. The fourth-order valence-electron chi connectivity index (χ4n) is 2.58. The molecule has 2 aromatic rings. The van der Waals surface area contributed by atoms with Crippen LogP contribution in [0, 0.1) is 0 Å². The SMILES string of the molecule is C[Si](C)(C)[C]([K])(c1ccccc1)c1ccccc1. The van der Waals surface area contributed by atoms with Crippen LogP contribution in [0.3, 0.4) is 0 Å². The molecule has 0 aromatic heterocycles. The molecule has 0 aliphatic heterocycles. The van der Waals surface area contributed by atoms with E-state index < -0.39 is 8.07 Å². The Bertz CT molecular complexity index is 460. The van der Waals surface area contributed by atoms with Crippen LogP contribution in [0.5, 0.6) is 0 Å². The van der Waals surface area contributed by atoms with Crippen LogP contribution in [0.1, 0.15) is 11.1 Å². The van der Waals surface area contributed by atoms with Crippen molar-refractivity contribution in [3.8, 4) is 0 Å². The van der Waals surface area contributed by atoms with Gasteiger partial charge in [-0.2, -0.15) is 0 Å². The van der Waals surface area contributed by atoms with Gasteiger partial charge in [0.05, 0.1) is 0 Å².